The van der Waals surface area contributed by atoms with E-state index in [1.807, 2.05) is 0 Å². The van der Waals surface area contributed by atoms with E-state index in [1.54, 1.807) is 49.6 Å². The first-order valence-corrected chi connectivity index (χ1v) is 11.2. The SMILES string of the molecule is COc1ccc(OC)c(N2C[C@@H](C(=O)Nc3nnc(COc4ccc(Cl)cc4)s3)CC2=O)c1. The fourth-order valence-electron chi connectivity index (χ4n) is 3.37. The first-order chi connectivity index (χ1) is 16.0. The number of benzene rings is 2. The van der Waals surface area contributed by atoms with Crippen LogP contribution in [0.4, 0.5) is 10.8 Å². The summed E-state index contributed by atoms with van der Waals surface area (Å²) in [7, 11) is 3.07. The van der Waals surface area contributed by atoms with Gasteiger partial charge in [-0.3, -0.25) is 9.59 Å². The van der Waals surface area contributed by atoms with Gasteiger partial charge in [0.2, 0.25) is 16.9 Å². The van der Waals surface area contributed by atoms with Crippen LogP contribution in [0, 0.1) is 5.92 Å². The van der Waals surface area contributed by atoms with Crippen molar-refractivity contribution >= 4 is 45.6 Å². The van der Waals surface area contributed by atoms with Crippen LogP contribution in [0.2, 0.25) is 5.02 Å². The zero-order valence-electron chi connectivity index (χ0n) is 17.9. The van der Waals surface area contributed by atoms with Gasteiger partial charge in [-0.2, -0.15) is 0 Å². The third-order valence-corrected chi connectivity index (χ3v) is 6.11. The lowest BCUT2D eigenvalue weighted by atomic mass is 10.1. The molecule has 2 aromatic carbocycles. The Morgan fingerprint density at radius 3 is 2.64 bits per heavy atom. The van der Waals surface area contributed by atoms with Crippen molar-refractivity contribution in [1.82, 2.24) is 10.2 Å². The summed E-state index contributed by atoms with van der Waals surface area (Å²) >= 11 is 7.08. The maximum atomic E-state index is 12.8. The Bertz CT molecular complexity index is 1150. The third kappa shape index (κ3) is 5.35. The average Bonchev–Trinajstić information content (AvgIpc) is 3.44. The van der Waals surface area contributed by atoms with E-state index in [-0.39, 0.29) is 31.4 Å². The van der Waals surface area contributed by atoms with Crippen LogP contribution in [0.5, 0.6) is 17.2 Å². The number of anilines is 2. The van der Waals surface area contributed by atoms with Gasteiger partial charge in [-0.05, 0) is 36.4 Å². The molecule has 2 amide bonds. The normalized spacial score (nSPS) is 15.4. The maximum Gasteiger partial charge on any atom is 0.231 e. The van der Waals surface area contributed by atoms with Gasteiger partial charge in [0.15, 0.2) is 5.01 Å². The van der Waals surface area contributed by atoms with Crippen LogP contribution in [0.15, 0.2) is 42.5 Å². The molecule has 4 rings (SSSR count). The standard InChI is InChI=1S/C22H21ClN4O5S/c1-30-16-7-8-18(31-2)17(10-16)27-11-13(9-20(27)28)21(29)24-22-26-25-19(33-22)12-32-15-5-3-14(23)4-6-15/h3-8,10,13H,9,11-12H2,1-2H3,(H,24,26,29)/t13-/m0/s1. The van der Waals surface area contributed by atoms with E-state index < -0.39 is 5.92 Å². The zero-order valence-corrected chi connectivity index (χ0v) is 19.5. The molecule has 1 fully saturated rings. The molecule has 3 aromatic rings. The molecule has 1 aromatic heterocycles. The molecule has 1 atom stereocenters. The molecule has 33 heavy (non-hydrogen) atoms. The van der Waals surface area contributed by atoms with Gasteiger partial charge in [0, 0.05) is 24.1 Å². The Morgan fingerprint density at radius 2 is 1.91 bits per heavy atom. The smallest absolute Gasteiger partial charge is 0.231 e. The summed E-state index contributed by atoms with van der Waals surface area (Å²) in [6.45, 7) is 0.431. The third-order valence-electron chi connectivity index (χ3n) is 5.05. The van der Waals surface area contributed by atoms with Gasteiger partial charge in [-0.15, -0.1) is 10.2 Å². The first-order valence-electron chi connectivity index (χ1n) is 10.0. The highest BCUT2D eigenvalue weighted by Crippen LogP contribution is 2.36. The molecule has 0 radical (unpaired) electrons. The zero-order chi connectivity index (χ0) is 23.4. The van der Waals surface area contributed by atoms with Gasteiger partial charge < -0.3 is 24.4 Å². The van der Waals surface area contributed by atoms with E-state index >= 15 is 0 Å². The van der Waals surface area contributed by atoms with Crippen molar-refractivity contribution in [2.24, 2.45) is 5.92 Å². The van der Waals surface area contributed by atoms with Gasteiger partial charge in [0.25, 0.3) is 0 Å². The molecule has 1 aliphatic rings. The number of hydrogen-bond donors (Lipinski definition) is 1. The number of amides is 2. The summed E-state index contributed by atoms with van der Waals surface area (Å²) < 4.78 is 16.3. The second kappa shape index (κ2) is 10.1. The average molecular weight is 489 g/mol. The molecule has 2 heterocycles. The predicted molar refractivity (Wildman–Crippen MR) is 124 cm³/mol. The monoisotopic (exact) mass is 488 g/mol. The lowest BCUT2D eigenvalue weighted by Gasteiger charge is -2.20. The van der Waals surface area contributed by atoms with Crippen molar-refractivity contribution in [1.29, 1.82) is 0 Å². The Morgan fingerprint density at radius 1 is 1.15 bits per heavy atom. The number of hydrogen-bond acceptors (Lipinski definition) is 8. The van der Waals surface area contributed by atoms with E-state index in [9.17, 15) is 9.59 Å². The topological polar surface area (TPSA) is 103 Å². The summed E-state index contributed by atoms with van der Waals surface area (Å²) in [4.78, 5) is 27.0. The molecule has 1 aliphatic heterocycles. The minimum absolute atomic E-state index is 0.0809. The highest BCUT2D eigenvalue weighted by atomic mass is 35.5. The Balaban J connectivity index is 1.37. The van der Waals surface area contributed by atoms with Crippen LogP contribution in [-0.2, 0) is 16.2 Å². The molecular weight excluding hydrogens is 468 g/mol. The van der Waals surface area contributed by atoms with Crippen molar-refractivity contribution in [2.45, 2.75) is 13.0 Å². The molecule has 0 saturated carbocycles. The summed E-state index contributed by atoms with van der Waals surface area (Å²) in [5, 5.41) is 12.4. The molecule has 0 aliphatic carbocycles. The number of halogens is 1. The number of rotatable bonds is 8. The minimum Gasteiger partial charge on any atom is -0.497 e. The molecule has 0 spiro atoms. The Kier molecular flexibility index (Phi) is 6.95. The van der Waals surface area contributed by atoms with Gasteiger partial charge in [0.05, 0.1) is 25.8 Å². The Labute approximate surface area is 199 Å². The second-order valence-corrected chi connectivity index (χ2v) is 8.67. The summed E-state index contributed by atoms with van der Waals surface area (Å²) in [6, 6.07) is 12.2. The van der Waals surface area contributed by atoms with Crippen molar-refractivity contribution in [2.75, 3.05) is 31.0 Å². The van der Waals surface area contributed by atoms with Gasteiger partial charge in [-0.25, -0.2) is 0 Å². The quantitative estimate of drug-likeness (QED) is 0.514. The van der Waals surface area contributed by atoms with E-state index in [4.69, 9.17) is 25.8 Å². The van der Waals surface area contributed by atoms with E-state index in [0.717, 1.165) is 0 Å². The number of carbonyl (C=O) groups excluding carboxylic acids is 2. The maximum absolute atomic E-state index is 12.8. The van der Waals surface area contributed by atoms with Crippen molar-refractivity contribution < 1.29 is 23.8 Å². The molecule has 11 heteroatoms. The number of carbonyl (C=O) groups is 2. The largest absolute Gasteiger partial charge is 0.497 e. The highest BCUT2D eigenvalue weighted by molar-refractivity contribution is 7.15. The molecule has 0 bridgehead atoms. The first kappa shape index (κ1) is 22.8. The number of nitrogens with one attached hydrogen (secondary N) is 1. The van der Waals surface area contributed by atoms with Crippen LogP contribution in [-0.4, -0.2) is 42.8 Å². The number of ether oxygens (including phenoxy) is 3. The number of nitrogens with zero attached hydrogens (tertiary/aromatic N) is 3. The summed E-state index contributed by atoms with van der Waals surface area (Å²) in [6.07, 6.45) is 0.0809. The van der Waals surface area contributed by atoms with E-state index in [0.29, 0.717) is 38.1 Å². The lowest BCUT2D eigenvalue weighted by Crippen LogP contribution is -2.28. The number of methoxy groups -OCH3 is 2. The van der Waals surface area contributed by atoms with Crippen LogP contribution < -0.4 is 24.4 Å². The van der Waals surface area contributed by atoms with E-state index in [2.05, 4.69) is 15.5 Å². The molecule has 0 unspecified atom stereocenters. The van der Waals surface area contributed by atoms with Gasteiger partial charge in [-0.1, -0.05) is 22.9 Å². The van der Waals surface area contributed by atoms with Crippen LogP contribution in [0.25, 0.3) is 0 Å². The van der Waals surface area contributed by atoms with Crippen molar-refractivity contribution in [3.05, 3.63) is 52.5 Å². The van der Waals surface area contributed by atoms with Gasteiger partial charge in [0.1, 0.15) is 23.9 Å². The minimum atomic E-state index is -0.536. The Hall–Kier alpha value is -3.37. The summed E-state index contributed by atoms with van der Waals surface area (Å²) in [5.41, 5.74) is 0.565. The lowest BCUT2D eigenvalue weighted by molar-refractivity contribution is -0.122. The van der Waals surface area contributed by atoms with Crippen molar-refractivity contribution in [3.63, 3.8) is 0 Å². The fraction of sp³-hybridized carbons (Fsp3) is 0.273. The van der Waals surface area contributed by atoms with E-state index in [1.165, 1.54) is 23.3 Å². The van der Waals surface area contributed by atoms with Crippen LogP contribution in [0.3, 0.4) is 0 Å². The molecular formula is C22H21ClN4O5S. The number of aromatic nitrogens is 2. The second-order valence-electron chi connectivity index (χ2n) is 7.18. The van der Waals surface area contributed by atoms with Crippen LogP contribution >= 0.6 is 22.9 Å². The predicted octanol–water partition coefficient (Wildman–Crippen LogP) is 3.78. The molecule has 1 N–H and O–H groups in total. The van der Waals surface area contributed by atoms with Gasteiger partial charge >= 0.3 is 0 Å². The van der Waals surface area contributed by atoms with Crippen LogP contribution in [0.1, 0.15) is 11.4 Å². The van der Waals surface area contributed by atoms with Crippen molar-refractivity contribution in [3.8, 4) is 17.2 Å². The molecule has 1 saturated heterocycles. The molecule has 172 valence electrons. The molecule has 9 nitrogen and oxygen atoms in total. The highest BCUT2D eigenvalue weighted by Gasteiger charge is 2.36. The summed E-state index contributed by atoms with van der Waals surface area (Å²) in [5.74, 6) is 0.766. The fourth-order valence-corrected chi connectivity index (χ4v) is 4.15.